The van der Waals surface area contributed by atoms with Crippen molar-refractivity contribution in [1.29, 1.82) is 0 Å². The number of nitrogens with one attached hydrogen (secondary N) is 1. The number of amides is 1. The molecule has 0 saturated carbocycles. The number of benzene rings is 1. The fourth-order valence-corrected chi connectivity index (χ4v) is 1.95. The lowest BCUT2D eigenvalue weighted by molar-refractivity contribution is -0.119. The Labute approximate surface area is 113 Å². The van der Waals surface area contributed by atoms with Gasteiger partial charge in [0.05, 0.1) is 6.54 Å². The molecule has 0 heterocycles. The van der Waals surface area contributed by atoms with Crippen LogP contribution in [-0.2, 0) is 4.79 Å². The monoisotopic (exact) mass is 265 g/mol. The van der Waals surface area contributed by atoms with E-state index >= 15 is 0 Å². The number of nitrogens with zero attached hydrogens (tertiary/aromatic N) is 1. The number of likely N-dealkylation sites (N-methyl/N-ethyl adjacent to an activating group) is 2. The molecular weight excluding hydrogens is 246 g/mol. The third-order valence-electron chi connectivity index (χ3n) is 2.67. The van der Waals surface area contributed by atoms with E-state index in [1.807, 2.05) is 44.0 Å². The van der Waals surface area contributed by atoms with Crippen LogP contribution in [0.4, 0.5) is 5.69 Å². The number of anilines is 1. The first-order valence-corrected chi connectivity index (χ1v) is 6.24. The van der Waals surface area contributed by atoms with Gasteiger partial charge in [0.1, 0.15) is 4.99 Å². The summed E-state index contributed by atoms with van der Waals surface area (Å²) in [5.41, 5.74) is 8.48. The average Bonchev–Trinajstić information content (AvgIpc) is 2.28. The zero-order chi connectivity index (χ0) is 13.7. The quantitative estimate of drug-likeness (QED) is 0.786. The lowest BCUT2D eigenvalue weighted by Gasteiger charge is -2.19. The Balaban J connectivity index is 2.81. The third kappa shape index (κ3) is 3.70. The lowest BCUT2D eigenvalue weighted by Crippen LogP contribution is -2.35. The highest BCUT2D eigenvalue weighted by Gasteiger charge is 2.08. The Morgan fingerprint density at radius 2 is 2.17 bits per heavy atom. The van der Waals surface area contributed by atoms with Gasteiger partial charge in [-0.1, -0.05) is 12.2 Å². The minimum Gasteiger partial charge on any atom is -0.389 e. The number of rotatable bonds is 5. The fourth-order valence-electron chi connectivity index (χ4n) is 1.72. The zero-order valence-electron chi connectivity index (χ0n) is 11.0. The van der Waals surface area contributed by atoms with Crippen molar-refractivity contribution >= 4 is 28.8 Å². The van der Waals surface area contributed by atoms with Crippen LogP contribution in [0.3, 0.4) is 0 Å². The van der Waals surface area contributed by atoms with Gasteiger partial charge in [-0.15, -0.1) is 0 Å². The SMILES string of the molecule is CCNC(=O)CN(C)c1ccc(C(N)=S)c(C)c1. The maximum atomic E-state index is 11.5. The molecule has 0 radical (unpaired) electrons. The highest BCUT2D eigenvalue weighted by molar-refractivity contribution is 7.80. The van der Waals surface area contributed by atoms with Crippen molar-refractivity contribution in [2.75, 3.05) is 25.0 Å². The van der Waals surface area contributed by atoms with Gasteiger partial charge in [0, 0.05) is 24.8 Å². The molecule has 0 fully saturated rings. The van der Waals surface area contributed by atoms with Crippen LogP contribution in [0.1, 0.15) is 18.1 Å². The number of thiocarbonyl (C=S) groups is 1. The smallest absolute Gasteiger partial charge is 0.239 e. The standard InChI is InChI=1S/C13H19N3OS/c1-4-15-12(17)8-16(3)10-5-6-11(13(14)18)9(2)7-10/h5-7H,4,8H2,1-3H3,(H2,14,18)(H,15,17). The second-order valence-corrected chi connectivity index (χ2v) is 4.61. The van der Waals surface area contributed by atoms with E-state index in [9.17, 15) is 4.79 Å². The van der Waals surface area contributed by atoms with E-state index < -0.39 is 0 Å². The molecule has 98 valence electrons. The molecule has 4 nitrogen and oxygen atoms in total. The molecule has 18 heavy (non-hydrogen) atoms. The molecule has 0 aliphatic carbocycles. The van der Waals surface area contributed by atoms with Crippen molar-refractivity contribution < 1.29 is 4.79 Å². The van der Waals surface area contributed by atoms with E-state index in [4.69, 9.17) is 18.0 Å². The molecule has 1 aromatic rings. The molecule has 0 aliphatic heterocycles. The van der Waals surface area contributed by atoms with Crippen LogP contribution < -0.4 is 16.0 Å². The Bertz CT molecular complexity index is 460. The molecule has 0 spiro atoms. The first-order chi connectivity index (χ1) is 8.45. The zero-order valence-corrected chi connectivity index (χ0v) is 11.8. The summed E-state index contributed by atoms with van der Waals surface area (Å²) in [6.45, 7) is 4.84. The Hall–Kier alpha value is -1.62. The van der Waals surface area contributed by atoms with Crippen LogP contribution in [0.25, 0.3) is 0 Å². The lowest BCUT2D eigenvalue weighted by atomic mass is 10.1. The van der Waals surface area contributed by atoms with E-state index in [1.165, 1.54) is 0 Å². The van der Waals surface area contributed by atoms with Crippen molar-refractivity contribution in [1.82, 2.24) is 5.32 Å². The summed E-state index contributed by atoms with van der Waals surface area (Å²) in [6.07, 6.45) is 0. The molecule has 1 rings (SSSR count). The normalized spacial score (nSPS) is 9.94. The van der Waals surface area contributed by atoms with Gasteiger partial charge < -0.3 is 16.0 Å². The van der Waals surface area contributed by atoms with Gasteiger partial charge >= 0.3 is 0 Å². The number of carbonyl (C=O) groups excluding carboxylic acids is 1. The van der Waals surface area contributed by atoms with E-state index in [2.05, 4.69) is 5.32 Å². The summed E-state index contributed by atoms with van der Waals surface area (Å²) in [5, 5.41) is 2.77. The number of carbonyl (C=O) groups is 1. The number of aryl methyl sites for hydroxylation is 1. The maximum absolute atomic E-state index is 11.5. The first kappa shape index (κ1) is 14.4. The van der Waals surface area contributed by atoms with E-state index in [0.29, 0.717) is 18.1 Å². The van der Waals surface area contributed by atoms with Crippen LogP contribution in [0.15, 0.2) is 18.2 Å². The van der Waals surface area contributed by atoms with Gasteiger partial charge in [0.15, 0.2) is 0 Å². The van der Waals surface area contributed by atoms with Crippen molar-refractivity contribution in [2.45, 2.75) is 13.8 Å². The average molecular weight is 265 g/mol. The summed E-state index contributed by atoms with van der Waals surface area (Å²) < 4.78 is 0. The number of nitrogens with two attached hydrogens (primary N) is 1. The minimum absolute atomic E-state index is 0.0103. The number of hydrogen-bond donors (Lipinski definition) is 2. The molecule has 0 unspecified atom stereocenters. The molecular formula is C13H19N3OS. The molecule has 1 aromatic carbocycles. The summed E-state index contributed by atoms with van der Waals surface area (Å²) >= 11 is 4.96. The molecule has 1 amide bonds. The molecule has 5 heteroatoms. The molecule has 3 N–H and O–H groups in total. The maximum Gasteiger partial charge on any atom is 0.239 e. The van der Waals surface area contributed by atoms with Gasteiger partial charge in [-0.2, -0.15) is 0 Å². The van der Waals surface area contributed by atoms with Crippen molar-refractivity contribution in [2.24, 2.45) is 5.73 Å². The van der Waals surface area contributed by atoms with Gasteiger partial charge in [-0.05, 0) is 37.6 Å². The second kappa shape index (κ2) is 6.35. The van der Waals surface area contributed by atoms with E-state index in [-0.39, 0.29) is 5.91 Å². The highest BCUT2D eigenvalue weighted by Crippen LogP contribution is 2.18. The molecule has 0 aliphatic rings. The van der Waals surface area contributed by atoms with Crippen LogP contribution in [-0.4, -0.2) is 31.0 Å². The van der Waals surface area contributed by atoms with E-state index in [1.54, 1.807) is 0 Å². The minimum atomic E-state index is 0.0103. The van der Waals surface area contributed by atoms with Gasteiger partial charge in [-0.3, -0.25) is 4.79 Å². The Morgan fingerprint density at radius 3 is 2.67 bits per heavy atom. The molecule has 0 saturated heterocycles. The molecule has 0 bridgehead atoms. The van der Waals surface area contributed by atoms with Crippen molar-refractivity contribution in [3.63, 3.8) is 0 Å². The highest BCUT2D eigenvalue weighted by atomic mass is 32.1. The number of hydrogen-bond acceptors (Lipinski definition) is 3. The fraction of sp³-hybridized carbons (Fsp3) is 0.385. The van der Waals surface area contributed by atoms with Gasteiger partial charge in [0.2, 0.25) is 5.91 Å². The predicted octanol–water partition coefficient (Wildman–Crippen LogP) is 1.20. The Morgan fingerprint density at radius 1 is 1.50 bits per heavy atom. The van der Waals surface area contributed by atoms with Gasteiger partial charge in [0.25, 0.3) is 0 Å². The van der Waals surface area contributed by atoms with Crippen LogP contribution >= 0.6 is 12.2 Å². The summed E-state index contributed by atoms with van der Waals surface area (Å²) in [5.74, 6) is 0.0103. The van der Waals surface area contributed by atoms with Gasteiger partial charge in [-0.25, -0.2) is 0 Å². The largest absolute Gasteiger partial charge is 0.389 e. The summed E-state index contributed by atoms with van der Waals surface area (Å²) in [7, 11) is 1.88. The second-order valence-electron chi connectivity index (χ2n) is 4.17. The van der Waals surface area contributed by atoms with Crippen LogP contribution in [0.2, 0.25) is 0 Å². The van der Waals surface area contributed by atoms with Crippen molar-refractivity contribution in [3.8, 4) is 0 Å². The van der Waals surface area contributed by atoms with Crippen molar-refractivity contribution in [3.05, 3.63) is 29.3 Å². The molecule has 0 aromatic heterocycles. The predicted molar refractivity (Wildman–Crippen MR) is 79.0 cm³/mol. The van der Waals surface area contributed by atoms with Crippen LogP contribution in [0, 0.1) is 6.92 Å². The Kier molecular flexibility index (Phi) is 5.09. The first-order valence-electron chi connectivity index (χ1n) is 5.84. The topological polar surface area (TPSA) is 58.4 Å². The van der Waals surface area contributed by atoms with Crippen LogP contribution in [0.5, 0.6) is 0 Å². The summed E-state index contributed by atoms with van der Waals surface area (Å²) in [4.78, 5) is 13.8. The van der Waals surface area contributed by atoms with E-state index in [0.717, 1.165) is 16.8 Å². The summed E-state index contributed by atoms with van der Waals surface area (Å²) in [6, 6.07) is 5.79. The third-order valence-corrected chi connectivity index (χ3v) is 2.89. The molecule has 0 atom stereocenters.